The third-order valence-electron chi connectivity index (χ3n) is 3.20. The second-order valence-corrected chi connectivity index (χ2v) is 4.64. The van der Waals surface area contributed by atoms with Crippen molar-refractivity contribution in [3.8, 4) is 0 Å². The van der Waals surface area contributed by atoms with Crippen molar-refractivity contribution in [1.82, 2.24) is 4.90 Å². The van der Waals surface area contributed by atoms with Crippen molar-refractivity contribution in [3.63, 3.8) is 0 Å². The van der Waals surface area contributed by atoms with Crippen LogP contribution in [0.15, 0.2) is 0 Å². The van der Waals surface area contributed by atoms with Gasteiger partial charge >= 0.3 is 0 Å². The Morgan fingerprint density at radius 2 is 1.93 bits per heavy atom. The molecule has 2 unspecified atom stereocenters. The van der Waals surface area contributed by atoms with E-state index in [4.69, 9.17) is 4.74 Å². The quantitative estimate of drug-likeness (QED) is 0.717. The Morgan fingerprint density at radius 3 is 2.40 bits per heavy atom. The van der Waals surface area contributed by atoms with Gasteiger partial charge in [-0.1, -0.05) is 27.7 Å². The van der Waals surface area contributed by atoms with E-state index in [1.54, 1.807) is 0 Å². The molecule has 0 aromatic heterocycles. The van der Waals surface area contributed by atoms with E-state index in [1.807, 2.05) is 21.0 Å². The molecule has 0 bridgehead atoms. The van der Waals surface area contributed by atoms with Crippen LogP contribution in [0.25, 0.3) is 0 Å². The molecule has 2 heteroatoms. The number of piperidine rings is 1. The fraction of sp³-hybridized carbons (Fsp3) is 1.00. The first-order valence-electron chi connectivity index (χ1n) is 6.34. The van der Waals surface area contributed by atoms with E-state index in [2.05, 4.69) is 25.8 Å². The van der Waals surface area contributed by atoms with Crippen molar-refractivity contribution in [2.24, 2.45) is 11.8 Å². The van der Waals surface area contributed by atoms with E-state index in [-0.39, 0.29) is 0 Å². The number of rotatable bonds is 3. The van der Waals surface area contributed by atoms with Gasteiger partial charge in [0.2, 0.25) is 0 Å². The maximum absolute atomic E-state index is 5.23. The lowest BCUT2D eigenvalue weighted by atomic mass is 9.86. The first kappa shape index (κ1) is 14.9. The topological polar surface area (TPSA) is 12.5 Å². The number of ether oxygens (including phenoxy) is 1. The average Bonchev–Trinajstić information content (AvgIpc) is 2.24. The molecule has 0 spiro atoms. The van der Waals surface area contributed by atoms with Crippen LogP contribution in [0.3, 0.4) is 0 Å². The highest BCUT2D eigenvalue weighted by Crippen LogP contribution is 2.26. The van der Waals surface area contributed by atoms with Crippen molar-refractivity contribution < 1.29 is 4.74 Å². The summed E-state index contributed by atoms with van der Waals surface area (Å²) in [5, 5.41) is 0. The van der Waals surface area contributed by atoms with E-state index in [9.17, 15) is 0 Å². The SMILES string of the molecule is CC.COCC1CCN(C)C(C(C)C)C1. The normalized spacial score (nSPS) is 27.4. The molecule has 1 heterocycles. The summed E-state index contributed by atoms with van der Waals surface area (Å²) in [6.07, 6.45) is 2.61. The van der Waals surface area contributed by atoms with Gasteiger partial charge in [-0.05, 0) is 38.3 Å². The van der Waals surface area contributed by atoms with Gasteiger partial charge in [-0.3, -0.25) is 0 Å². The Balaban J connectivity index is 0.000000921. The minimum absolute atomic E-state index is 0.758. The number of nitrogens with zero attached hydrogens (tertiary/aromatic N) is 1. The molecule has 2 nitrogen and oxygen atoms in total. The summed E-state index contributed by atoms with van der Waals surface area (Å²) in [5.74, 6) is 1.55. The molecule has 0 radical (unpaired) electrons. The molecule has 92 valence electrons. The largest absolute Gasteiger partial charge is 0.384 e. The van der Waals surface area contributed by atoms with Crippen LogP contribution in [0.4, 0.5) is 0 Å². The van der Waals surface area contributed by atoms with E-state index in [1.165, 1.54) is 19.4 Å². The first-order valence-corrected chi connectivity index (χ1v) is 6.34. The Hall–Kier alpha value is -0.0800. The highest BCUT2D eigenvalue weighted by Gasteiger charge is 2.27. The standard InChI is InChI=1S/C11H23NO.C2H6/c1-9(2)11-7-10(8-13-4)5-6-12(11)3;1-2/h9-11H,5-8H2,1-4H3;1-2H3. The molecule has 0 aliphatic carbocycles. The molecule has 1 rings (SSSR count). The number of likely N-dealkylation sites (tertiary alicyclic amines) is 1. The lowest BCUT2D eigenvalue weighted by molar-refractivity contribution is 0.0596. The second-order valence-electron chi connectivity index (χ2n) is 4.64. The molecule has 1 fully saturated rings. The number of hydrogen-bond donors (Lipinski definition) is 0. The van der Waals surface area contributed by atoms with Crippen LogP contribution < -0.4 is 0 Å². The molecule has 2 atom stereocenters. The fourth-order valence-electron chi connectivity index (χ4n) is 2.36. The van der Waals surface area contributed by atoms with Crippen molar-refractivity contribution in [1.29, 1.82) is 0 Å². The van der Waals surface area contributed by atoms with Gasteiger partial charge in [-0.25, -0.2) is 0 Å². The number of methoxy groups -OCH3 is 1. The van der Waals surface area contributed by atoms with Crippen LogP contribution in [-0.2, 0) is 4.74 Å². The Bertz CT molecular complexity index is 147. The van der Waals surface area contributed by atoms with Gasteiger partial charge in [0.15, 0.2) is 0 Å². The van der Waals surface area contributed by atoms with Gasteiger partial charge in [0.05, 0.1) is 0 Å². The molecule has 1 aliphatic rings. The van der Waals surface area contributed by atoms with E-state index in [0.717, 1.165) is 24.5 Å². The minimum atomic E-state index is 0.758. The summed E-state index contributed by atoms with van der Waals surface area (Å²) in [6.45, 7) is 10.8. The summed E-state index contributed by atoms with van der Waals surface area (Å²) < 4.78 is 5.23. The van der Waals surface area contributed by atoms with Gasteiger partial charge in [0, 0.05) is 19.8 Å². The summed E-state index contributed by atoms with van der Waals surface area (Å²) in [5.41, 5.74) is 0. The third kappa shape index (κ3) is 4.98. The predicted molar refractivity (Wildman–Crippen MR) is 67.2 cm³/mol. The van der Waals surface area contributed by atoms with Crippen molar-refractivity contribution in [2.75, 3.05) is 27.3 Å². The zero-order valence-corrected chi connectivity index (χ0v) is 11.4. The summed E-state index contributed by atoms with van der Waals surface area (Å²) in [7, 11) is 4.05. The molecule has 0 saturated carbocycles. The lowest BCUT2D eigenvalue weighted by Crippen LogP contribution is -2.43. The van der Waals surface area contributed by atoms with E-state index in [0.29, 0.717) is 0 Å². The van der Waals surface area contributed by atoms with Gasteiger partial charge in [0.25, 0.3) is 0 Å². The van der Waals surface area contributed by atoms with Crippen LogP contribution in [0.2, 0.25) is 0 Å². The predicted octanol–water partition coefficient (Wildman–Crippen LogP) is 3.03. The second kappa shape index (κ2) is 8.12. The van der Waals surface area contributed by atoms with Crippen LogP contribution in [0.1, 0.15) is 40.5 Å². The highest BCUT2D eigenvalue weighted by atomic mass is 16.5. The van der Waals surface area contributed by atoms with Crippen LogP contribution in [0, 0.1) is 11.8 Å². The molecular weight excluding hydrogens is 186 g/mol. The van der Waals surface area contributed by atoms with Gasteiger partial charge < -0.3 is 9.64 Å². The van der Waals surface area contributed by atoms with Gasteiger partial charge in [-0.15, -0.1) is 0 Å². The van der Waals surface area contributed by atoms with Crippen molar-refractivity contribution in [3.05, 3.63) is 0 Å². The monoisotopic (exact) mass is 215 g/mol. The Labute approximate surface area is 96.0 Å². The molecule has 0 aromatic rings. The van der Waals surface area contributed by atoms with Crippen LogP contribution >= 0.6 is 0 Å². The molecule has 15 heavy (non-hydrogen) atoms. The third-order valence-corrected chi connectivity index (χ3v) is 3.20. The average molecular weight is 215 g/mol. The highest BCUT2D eigenvalue weighted by molar-refractivity contribution is 4.81. The van der Waals surface area contributed by atoms with Crippen molar-refractivity contribution in [2.45, 2.75) is 46.6 Å². The maximum Gasteiger partial charge on any atom is 0.0491 e. The zero-order valence-electron chi connectivity index (χ0n) is 11.4. The number of hydrogen-bond acceptors (Lipinski definition) is 2. The first-order chi connectivity index (χ1) is 7.15. The summed E-state index contributed by atoms with van der Waals surface area (Å²) >= 11 is 0. The summed E-state index contributed by atoms with van der Waals surface area (Å²) in [6, 6.07) is 0.758. The molecular formula is C13H29NO. The maximum atomic E-state index is 5.23. The van der Waals surface area contributed by atoms with Gasteiger partial charge in [0.1, 0.15) is 0 Å². The van der Waals surface area contributed by atoms with Crippen LogP contribution in [0.5, 0.6) is 0 Å². The smallest absolute Gasteiger partial charge is 0.0491 e. The van der Waals surface area contributed by atoms with Crippen molar-refractivity contribution >= 4 is 0 Å². The zero-order chi connectivity index (χ0) is 11.8. The fourth-order valence-corrected chi connectivity index (χ4v) is 2.36. The Kier molecular flexibility index (Phi) is 8.07. The minimum Gasteiger partial charge on any atom is -0.384 e. The molecule has 0 amide bonds. The van der Waals surface area contributed by atoms with Gasteiger partial charge in [-0.2, -0.15) is 0 Å². The summed E-state index contributed by atoms with van der Waals surface area (Å²) in [4.78, 5) is 2.50. The van der Waals surface area contributed by atoms with E-state index < -0.39 is 0 Å². The van der Waals surface area contributed by atoms with E-state index >= 15 is 0 Å². The Morgan fingerprint density at radius 1 is 1.33 bits per heavy atom. The molecule has 1 aliphatic heterocycles. The van der Waals surface area contributed by atoms with Crippen LogP contribution in [-0.4, -0.2) is 38.3 Å². The lowest BCUT2D eigenvalue weighted by Gasteiger charge is -2.39. The molecule has 1 saturated heterocycles. The molecule has 0 N–H and O–H groups in total. The molecule has 0 aromatic carbocycles.